The first-order chi connectivity index (χ1) is 15.8. The molecular weight excluding hydrogens is 420 g/mol. The highest BCUT2D eigenvalue weighted by molar-refractivity contribution is 5.74. The van der Waals surface area contributed by atoms with Crippen molar-refractivity contribution in [2.45, 2.75) is 87.6 Å². The fourth-order valence-electron chi connectivity index (χ4n) is 7.82. The second-order valence-corrected chi connectivity index (χ2v) is 11.3. The van der Waals surface area contributed by atoms with Crippen molar-refractivity contribution in [1.82, 2.24) is 10.2 Å². The first-order valence-corrected chi connectivity index (χ1v) is 12.6. The van der Waals surface area contributed by atoms with Gasteiger partial charge in [-0.3, -0.25) is 15.0 Å². The number of hydrogen-bond acceptors (Lipinski definition) is 6. The van der Waals surface area contributed by atoms with Gasteiger partial charge in [-0.05, 0) is 68.5 Å². The monoisotopic (exact) mass is 456 g/mol. The molecule has 1 unspecified atom stereocenters. The average Bonchev–Trinajstić information content (AvgIpc) is 3.53. The standard InChI is InChI=1S/C26H36N2O5/c1-14(2)21(24(30)31)27-17-8-9-26(32-3)19-12-16-6-7-18(29)22-20(16)25(26,23(17)33-22)10-11-28(19)13-15-4-5-15/h6-7,14-15,17,19,21,23,27,29H,4-5,8-13H2,1-3H3,(H,30,31)/t17-,19?,21-,23+,25+,26-/m1/s1. The molecule has 0 aromatic heterocycles. The number of piperidine rings is 1. The molecule has 3 aliphatic carbocycles. The van der Waals surface area contributed by atoms with Crippen LogP contribution in [0.5, 0.6) is 11.5 Å². The summed E-state index contributed by atoms with van der Waals surface area (Å²) in [5, 5.41) is 24.1. The Balaban J connectivity index is 1.47. The van der Waals surface area contributed by atoms with E-state index in [4.69, 9.17) is 9.47 Å². The highest BCUT2D eigenvalue weighted by atomic mass is 16.5. The van der Waals surface area contributed by atoms with Gasteiger partial charge >= 0.3 is 5.97 Å². The second-order valence-electron chi connectivity index (χ2n) is 11.3. The Labute approximate surface area is 195 Å². The Kier molecular flexibility index (Phi) is 4.82. The molecule has 2 aliphatic heterocycles. The third-order valence-corrected chi connectivity index (χ3v) is 9.41. The zero-order valence-corrected chi connectivity index (χ0v) is 19.8. The van der Waals surface area contributed by atoms with Crippen molar-refractivity contribution < 1.29 is 24.5 Å². The van der Waals surface area contributed by atoms with Crippen LogP contribution in [0.2, 0.25) is 0 Å². The number of carbonyl (C=O) groups is 1. The molecule has 2 heterocycles. The maximum Gasteiger partial charge on any atom is 0.320 e. The largest absolute Gasteiger partial charge is 0.504 e. The fraction of sp³-hybridized carbons (Fsp3) is 0.731. The second kappa shape index (κ2) is 7.33. The maximum atomic E-state index is 12.0. The number of ether oxygens (including phenoxy) is 2. The van der Waals surface area contributed by atoms with Gasteiger partial charge in [-0.2, -0.15) is 0 Å². The van der Waals surface area contributed by atoms with Gasteiger partial charge < -0.3 is 19.7 Å². The molecule has 1 spiro atoms. The molecule has 2 saturated carbocycles. The third-order valence-electron chi connectivity index (χ3n) is 9.41. The van der Waals surface area contributed by atoms with Crippen LogP contribution in [0, 0.1) is 11.8 Å². The first-order valence-electron chi connectivity index (χ1n) is 12.6. The predicted molar refractivity (Wildman–Crippen MR) is 123 cm³/mol. The highest BCUT2D eigenvalue weighted by Gasteiger charge is 2.74. The van der Waals surface area contributed by atoms with Gasteiger partial charge in [-0.1, -0.05) is 19.9 Å². The lowest BCUT2D eigenvalue weighted by Gasteiger charge is -2.66. The number of rotatable bonds is 7. The summed E-state index contributed by atoms with van der Waals surface area (Å²) in [6, 6.07) is 3.34. The molecule has 6 atom stereocenters. The van der Waals surface area contributed by atoms with E-state index in [9.17, 15) is 15.0 Å². The number of phenolic OH excluding ortho intramolecular Hbond substituents is 1. The van der Waals surface area contributed by atoms with Crippen LogP contribution < -0.4 is 10.1 Å². The summed E-state index contributed by atoms with van der Waals surface area (Å²) in [5.41, 5.74) is 1.60. The number of carboxylic acids is 1. The molecule has 0 radical (unpaired) electrons. The number of aliphatic carboxylic acids is 1. The van der Waals surface area contributed by atoms with Crippen LogP contribution in [0.25, 0.3) is 0 Å². The minimum atomic E-state index is -0.828. The molecule has 7 heteroatoms. The van der Waals surface area contributed by atoms with Crippen molar-refractivity contribution in [2.24, 2.45) is 11.8 Å². The summed E-state index contributed by atoms with van der Waals surface area (Å²) in [5.74, 6) is 0.713. The molecular formula is C26H36N2O5. The molecule has 2 bridgehead atoms. The fourth-order valence-corrected chi connectivity index (χ4v) is 7.82. The number of phenols is 1. The van der Waals surface area contributed by atoms with Crippen LogP contribution in [-0.4, -0.2) is 71.1 Å². The lowest BCUT2D eigenvalue weighted by atomic mass is 9.48. The number of nitrogens with one attached hydrogen (secondary N) is 1. The van der Waals surface area contributed by atoms with E-state index in [1.54, 1.807) is 6.07 Å². The van der Waals surface area contributed by atoms with Gasteiger partial charge in [0.2, 0.25) is 0 Å². The van der Waals surface area contributed by atoms with Crippen LogP contribution in [0.3, 0.4) is 0 Å². The number of likely N-dealkylation sites (tertiary alicyclic amines) is 1. The van der Waals surface area contributed by atoms with Crippen molar-refractivity contribution in [2.75, 3.05) is 20.2 Å². The Morgan fingerprint density at radius 3 is 2.76 bits per heavy atom. The predicted octanol–water partition coefficient (Wildman–Crippen LogP) is 2.68. The highest BCUT2D eigenvalue weighted by Crippen LogP contribution is 2.66. The SMILES string of the molecule is CO[C@@]12CC[C@@H](N[C@@H](C(=O)O)C(C)C)[C@@H]3Oc4c(O)ccc5c4[C@@]31CCN(CC1CC1)C2C5. The molecule has 1 saturated heterocycles. The summed E-state index contributed by atoms with van der Waals surface area (Å²) >= 11 is 0. The van der Waals surface area contributed by atoms with E-state index in [2.05, 4.69) is 16.3 Å². The van der Waals surface area contributed by atoms with Gasteiger partial charge in [-0.15, -0.1) is 0 Å². The molecule has 3 N–H and O–H groups in total. The summed E-state index contributed by atoms with van der Waals surface area (Å²) in [6.45, 7) is 5.99. The molecule has 1 aromatic carbocycles. The van der Waals surface area contributed by atoms with E-state index in [1.165, 1.54) is 18.4 Å². The van der Waals surface area contributed by atoms with E-state index >= 15 is 0 Å². The zero-order chi connectivity index (χ0) is 23.1. The number of methoxy groups -OCH3 is 1. The van der Waals surface area contributed by atoms with Crippen molar-refractivity contribution in [3.63, 3.8) is 0 Å². The number of aromatic hydroxyl groups is 1. The molecule has 0 amide bonds. The Morgan fingerprint density at radius 1 is 1.30 bits per heavy atom. The lowest BCUT2D eigenvalue weighted by molar-refractivity contribution is -0.208. The maximum absolute atomic E-state index is 12.0. The number of hydrogen-bond donors (Lipinski definition) is 3. The topological polar surface area (TPSA) is 91.3 Å². The van der Waals surface area contributed by atoms with Crippen LogP contribution >= 0.6 is 0 Å². The van der Waals surface area contributed by atoms with Crippen molar-refractivity contribution in [3.05, 3.63) is 23.3 Å². The molecule has 33 heavy (non-hydrogen) atoms. The molecule has 1 aromatic rings. The van der Waals surface area contributed by atoms with E-state index in [1.807, 2.05) is 21.0 Å². The molecule has 3 fully saturated rings. The quantitative estimate of drug-likeness (QED) is 0.581. The Bertz CT molecular complexity index is 978. The Morgan fingerprint density at radius 2 is 2.09 bits per heavy atom. The van der Waals surface area contributed by atoms with Crippen LogP contribution in [0.15, 0.2) is 12.1 Å². The lowest BCUT2D eigenvalue weighted by Crippen LogP contribution is -2.79. The number of carboxylic acid groups (broad SMARTS) is 1. The Hall–Kier alpha value is -1.83. The van der Waals surface area contributed by atoms with Crippen LogP contribution in [0.4, 0.5) is 0 Å². The zero-order valence-electron chi connectivity index (χ0n) is 19.8. The molecule has 5 aliphatic rings. The molecule has 180 valence electrons. The third kappa shape index (κ3) is 2.82. The summed E-state index contributed by atoms with van der Waals surface area (Å²) in [4.78, 5) is 14.7. The summed E-state index contributed by atoms with van der Waals surface area (Å²) in [7, 11) is 1.85. The van der Waals surface area contributed by atoms with Gasteiger partial charge in [0.05, 0.1) is 11.0 Å². The van der Waals surface area contributed by atoms with Gasteiger partial charge in [0, 0.05) is 31.3 Å². The average molecular weight is 457 g/mol. The van der Waals surface area contributed by atoms with E-state index < -0.39 is 17.6 Å². The van der Waals surface area contributed by atoms with Crippen LogP contribution in [-0.2, 0) is 21.4 Å². The van der Waals surface area contributed by atoms with E-state index in [0.717, 1.165) is 50.3 Å². The van der Waals surface area contributed by atoms with Crippen molar-refractivity contribution in [3.8, 4) is 11.5 Å². The molecule has 7 nitrogen and oxygen atoms in total. The normalized spacial score (nSPS) is 37.5. The number of benzene rings is 1. The van der Waals surface area contributed by atoms with Gasteiger partial charge in [-0.25, -0.2) is 0 Å². The van der Waals surface area contributed by atoms with Crippen molar-refractivity contribution >= 4 is 5.97 Å². The van der Waals surface area contributed by atoms with Gasteiger partial charge in [0.1, 0.15) is 12.1 Å². The van der Waals surface area contributed by atoms with E-state index in [0.29, 0.717) is 5.75 Å². The molecule has 6 rings (SSSR count). The van der Waals surface area contributed by atoms with Gasteiger partial charge in [0.15, 0.2) is 11.5 Å². The smallest absolute Gasteiger partial charge is 0.320 e. The first kappa shape index (κ1) is 21.7. The summed E-state index contributed by atoms with van der Waals surface area (Å²) in [6.07, 6.45) is 5.83. The summed E-state index contributed by atoms with van der Waals surface area (Å²) < 4.78 is 13.2. The minimum absolute atomic E-state index is 0.0404. The van der Waals surface area contributed by atoms with Crippen molar-refractivity contribution in [1.29, 1.82) is 0 Å². The number of nitrogens with zero attached hydrogens (tertiary/aromatic N) is 1. The van der Waals surface area contributed by atoms with E-state index in [-0.39, 0.29) is 35.3 Å². The minimum Gasteiger partial charge on any atom is -0.504 e. The van der Waals surface area contributed by atoms with Crippen LogP contribution in [0.1, 0.15) is 57.1 Å². The van der Waals surface area contributed by atoms with Gasteiger partial charge in [0.25, 0.3) is 0 Å².